The number of fused-ring (bicyclic) bond motifs is 9. The van der Waals surface area contributed by atoms with Gasteiger partial charge in [0.25, 0.3) is 0 Å². The molecule has 2 aromatic rings. The predicted octanol–water partition coefficient (Wildman–Crippen LogP) is 4.17. The van der Waals surface area contributed by atoms with E-state index < -0.39 is 35.3 Å². The highest BCUT2D eigenvalue weighted by Crippen LogP contribution is 2.71. The van der Waals surface area contributed by atoms with Crippen molar-refractivity contribution in [2.45, 2.75) is 95.5 Å². The molecule has 0 radical (unpaired) electrons. The highest BCUT2D eigenvalue weighted by atomic mass is 16.5. The van der Waals surface area contributed by atoms with Crippen molar-refractivity contribution in [1.29, 1.82) is 0 Å². The molecular weight excluding hydrogens is 430 g/mol. The van der Waals surface area contributed by atoms with Gasteiger partial charge in [0.15, 0.2) is 0 Å². The van der Waals surface area contributed by atoms with Gasteiger partial charge in [0.2, 0.25) is 0 Å². The third-order valence-corrected chi connectivity index (χ3v) is 10.9. The lowest BCUT2D eigenvalue weighted by atomic mass is 9.39. The Labute approximate surface area is 200 Å². The van der Waals surface area contributed by atoms with Crippen molar-refractivity contribution in [3.63, 3.8) is 0 Å². The topological polar surface area (TPSA) is 103 Å². The van der Waals surface area contributed by atoms with Crippen molar-refractivity contribution >= 4 is 16.9 Å². The Kier molecular flexibility index (Phi) is 4.55. The Morgan fingerprint density at radius 2 is 1.91 bits per heavy atom. The minimum Gasteiger partial charge on any atom is -0.481 e. The van der Waals surface area contributed by atoms with E-state index in [1.165, 1.54) is 16.6 Å². The fourth-order valence-corrected chi connectivity index (χ4v) is 8.96. The first-order valence-corrected chi connectivity index (χ1v) is 12.8. The number of benzene rings is 1. The van der Waals surface area contributed by atoms with Gasteiger partial charge in [-0.3, -0.25) is 4.79 Å². The van der Waals surface area contributed by atoms with Crippen LogP contribution in [-0.4, -0.2) is 50.2 Å². The molecule has 1 saturated heterocycles. The van der Waals surface area contributed by atoms with Crippen LogP contribution in [0.25, 0.3) is 10.9 Å². The predicted molar refractivity (Wildman–Crippen MR) is 129 cm³/mol. The average Bonchev–Trinajstić information content (AvgIpc) is 3.27. The van der Waals surface area contributed by atoms with Crippen LogP contribution in [0, 0.1) is 22.7 Å². The Morgan fingerprint density at radius 3 is 2.62 bits per heavy atom. The van der Waals surface area contributed by atoms with Gasteiger partial charge in [-0.15, -0.1) is 0 Å². The largest absolute Gasteiger partial charge is 0.481 e. The molecule has 2 heterocycles. The Bertz CT molecular complexity index is 1170. The maximum absolute atomic E-state index is 13.1. The summed E-state index contributed by atoms with van der Waals surface area (Å²) in [4.78, 5) is 16.9. The van der Waals surface area contributed by atoms with Crippen molar-refractivity contribution in [1.82, 2.24) is 4.98 Å². The summed E-state index contributed by atoms with van der Waals surface area (Å²) in [7, 11) is 0. The van der Waals surface area contributed by atoms with E-state index in [-0.39, 0.29) is 23.2 Å². The quantitative estimate of drug-likeness (QED) is 0.531. The maximum Gasteiger partial charge on any atom is 0.315 e. The number of aromatic amines is 1. The van der Waals surface area contributed by atoms with Crippen molar-refractivity contribution in [2.75, 3.05) is 0 Å². The van der Waals surface area contributed by atoms with Gasteiger partial charge < -0.3 is 25.0 Å². The molecule has 0 amide bonds. The van der Waals surface area contributed by atoms with E-state index in [0.29, 0.717) is 12.3 Å². The number of H-pyrrole nitrogens is 1. The molecule has 1 aromatic heterocycles. The zero-order valence-electron chi connectivity index (χ0n) is 20.6. The molecule has 2 unspecified atom stereocenters. The molecule has 1 aromatic carbocycles. The lowest BCUT2D eigenvalue weighted by Crippen LogP contribution is -2.72. The Balaban J connectivity index is 1.49. The first-order chi connectivity index (χ1) is 16.0. The number of carbonyl (C=O) groups is 1. The van der Waals surface area contributed by atoms with Gasteiger partial charge >= 0.3 is 5.97 Å². The van der Waals surface area contributed by atoms with Gasteiger partial charge in [-0.05, 0) is 74.8 Å². The van der Waals surface area contributed by atoms with E-state index in [9.17, 15) is 20.1 Å². The van der Waals surface area contributed by atoms with Crippen molar-refractivity contribution in [2.24, 2.45) is 22.7 Å². The molecule has 1 aliphatic heterocycles. The molecule has 184 valence electrons. The molecular formula is C28H37NO5. The van der Waals surface area contributed by atoms with Crippen LogP contribution >= 0.6 is 0 Å². The number of rotatable bonds is 2. The minimum absolute atomic E-state index is 0.136. The van der Waals surface area contributed by atoms with Crippen LogP contribution in [0.1, 0.15) is 71.1 Å². The van der Waals surface area contributed by atoms with E-state index in [0.717, 1.165) is 31.2 Å². The summed E-state index contributed by atoms with van der Waals surface area (Å²) >= 11 is 0. The van der Waals surface area contributed by atoms with Crippen LogP contribution in [0.3, 0.4) is 0 Å². The first kappa shape index (κ1) is 22.6. The number of aromatic nitrogens is 1. The van der Waals surface area contributed by atoms with Crippen LogP contribution in [0.4, 0.5) is 0 Å². The number of aliphatic hydroxyl groups is 2. The van der Waals surface area contributed by atoms with Crippen LogP contribution < -0.4 is 0 Å². The van der Waals surface area contributed by atoms with Crippen LogP contribution in [0.5, 0.6) is 0 Å². The molecule has 3 aliphatic carbocycles. The highest BCUT2D eigenvalue weighted by Gasteiger charge is 2.73. The van der Waals surface area contributed by atoms with Gasteiger partial charge in [0, 0.05) is 28.4 Å². The smallest absolute Gasteiger partial charge is 0.315 e. The number of aliphatic carboxylic acids is 1. The number of aliphatic hydroxyl groups excluding tert-OH is 1. The molecule has 6 heteroatoms. The minimum atomic E-state index is -1.36. The number of nitrogens with one attached hydrogen (secondary N) is 1. The van der Waals surface area contributed by atoms with Gasteiger partial charge in [-0.25, -0.2) is 0 Å². The summed E-state index contributed by atoms with van der Waals surface area (Å²) in [5.41, 5.74) is 0.795. The zero-order chi connectivity index (χ0) is 24.3. The second-order valence-electron chi connectivity index (χ2n) is 12.5. The number of carboxylic acid groups (broad SMARTS) is 1. The monoisotopic (exact) mass is 467 g/mol. The Hall–Kier alpha value is -1.89. The van der Waals surface area contributed by atoms with E-state index in [1.807, 2.05) is 0 Å². The first-order valence-electron chi connectivity index (χ1n) is 12.8. The summed E-state index contributed by atoms with van der Waals surface area (Å²) < 4.78 is 6.35. The molecule has 6 nitrogen and oxygen atoms in total. The fourth-order valence-electron chi connectivity index (χ4n) is 8.96. The number of hydrogen-bond acceptors (Lipinski definition) is 4. The van der Waals surface area contributed by atoms with Crippen LogP contribution in [0.15, 0.2) is 24.3 Å². The molecule has 6 rings (SSSR count). The highest BCUT2D eigenvalue weighted by molar-refractivity contribution is 5.86. The number of hydrogen-bond donors (Lipinski definition) is 4. The third-order valence-electron chi connectivity index (χ3n) is 10.9. The van der Waals surface area contributed by atoms with E-state index >= 15 is 0 Å². The van der Waals surface area contributed by atoms with E-state index in [2.05, 4.69) is 43.1 Å². The van der Waals surface area contributed by atoms with Crippen LogP contribution in [0.2, 0.25) is 0 Å². The molecule has 3 fully saturated rings. The summed E-state index contributed by atoms with van der Waals surface area (Å²) in [5, 5.41) is 34.2. The molecule has 0 bridgehead atoms. The summed E-state index contributed by atoms with van der Waals surface area (Å²) in [6.07, 6.45) is 2.03. The normalized spacial score (nSPS) is 43.6. The molecule has 2 saturated carbocycles. The van der Waals surface area contributed by atoms with Gasteiger partial charge in [-0.1, -0.05) is 32.0 Å². The molecule has 4 N–H and O–H groups in total. The lowest BCUT2D eigenvalue weighted by Gasteiger charge is -2.66. The standard InChI is InChI=1S/C28H37NO5/c1-25(2,33)22-14-20(30)28(24(31)32)19-10-9-15-13-17-16-7-5-6-8-18(16)29-23(17)27(15,4)26(19,3)12-11-21(28)34-22/h5-8,15,19-22,29-30,33H,9-14H2,1-4H3,(H,31,32)/t15-,19+,20?,21-,22-,26-,27+,28?/m0/s1. The van der Waals surface area contributed by atoms with E-state index in [4.69, 9.17) is 4.74 Å². The summed E-state index contributed by atoms with van der Waals surface area (Å²) in [6, 6.07) is 8.46. The van der Waals surface area contributed by atoms with Gasteiger partial charge in [0.05, 0.1) is 23.9 Å². The van der Waals surface area contributed by atoms with Crippen LogP contribution in [-0.2, 0) is 21.4 Å². The summed E-state index contributed by atoms with van der Waals surface area (Å²) in [5.74, 6) is -0.715. The van der Waals surface area contributed by atoms with E-state index in [1.54, 1.807) is 13.8 Å². The average molecular weight is 468 g/mol. The molecule has 0 spiro atoms. The second kappa shape index (κ2) is 6.86. The zero-order valence-corrected chi connectivity index (χ0v) is 20.6. The molecule has 8 atom stereocenters. The Morgan fingerprint density at radius 1 is 1.18 bits per heavy atom. The van der Waals surface area contributed by atoms with Crippen molar-refractivity contribution in [3.05, 3.63) is 35.5 Å². The number of carboxylic acids is 1. The van der Waals surface area contributed by atoms with Gasteiger partial charge in [-0.2, -0.15) is 0 Å². The fraction of sp³-hybridized carbons (Fsp3) is 0.679. The third kappa shape index (κ3) is 2.50. The second-order valence-corrected chi connectivity index (χ2v) is 12.5. The molecule has 34 heavy (non-hydrogen) atoms. The maximum atomic E-state index is 13.1. The van der Waals surface area contributed by atoms with Crippen molar-refractivity contribution < 1.29 is 24.9 Å². The number of para-hydroxylation sites is 1. The van der Waals surface area contributed by atoms with Crippen molar-refractivity contribution in [3.8, 4) is 0 Å². The lowest BCUT2D eigenvalue weighted by molar-refractivity contribution is -0.283. The number of ether oxygens (including phenoxy) is 1. The SMILES string of the molecule is CC(C)(O)[C@@H]1CC(O)C2(C(=O)O)[C@H](CC[C@@]3(C)[C@H]2CC[C@H]2Cc4c([nH]c5ccccc45)[C@@]23C)O1. The van der Waals surface area contributed by atoms with Gasteiger partial charge in [0.1, 0.15) is 5.41 Å². The molecule has 4 aliphatic rings. The summed E-state index contributed by atoms with van der Waals surface area (Å²) in [6.45, 7) is 7.97.